The zero-order chi connectivity index (χ0) is 14.5. The molecule has 2 N–H and O–H groups in total. The maximum atomic E-state index is 13.4. The zero-order valence-corrected chi connectivity index (χ0v) is 11.7. The van der Waals surface area contributed by atoms with E-state index in [4.69, 9.17) is 0 Å². The zero-order valence-electron chi connectivity index (χ0n) is 10.8. The number of nitrogens with zero attached hydrogens (tertiary/aromatic N) is 1. The predicted molar refractivity (Wildman–Crippen MR) is 71.1 cm³/mol. The summed E-state index contributed by atoms with van der Waals surface area (Å²) >= 11 is 0. The van der Waals surface area contributed by atoms with Gasteiger partial charge in [0.25, 0.3) is 0 Å². The average molecular weight is 293 g/mol. The van der Waals surface area contributed by atoms with E-state index < -0.39 is 21.5 Å². The number of pyridine rings is 1. The summed E-state index contributed by atoms with van der Waals surface area (Å²) in [5.41, 5.74) is 0. The molecule has 1 heterocycles. The fourth-order valence-corrected chi connectivity index (χ4v) is 1.79. The van der Waals surface area contributed by atoms with Crippen LogP contribution in [0.2, 0.25) is 0 Å². The Hall–Kier alpha value is -1.44. The number of rotatable bonds is 7. The number of sulfone groups is 1. The number of aromatic nitrogens is 1. The Balaban J connectivity index is 2.76. The molecule has 1 aromatic rings. The first kappa shape index (κ1) is 15.6. The Morgan fingerprint density at radius 3 is 2.16 bits per heavy atom. The predicted octanol–water partition coefficient (Wildman–Crippen LogP) is 1.64. The number of hydrogen-bond donors (Lipinski definition) is 2. The Labute approximate surface area is 111 Å². The van der Waals surface area contributed by atoms with Crippen molar-refractivity contribution in [2.75, 3.05) is 35.7 Å². The molecule has 0 bridgehead atoms. The van der Waals surface area contributed by atoms with E-state index in [9.17, 15) is 17.2 Å². The average Bonchev–Trinajstić information content (AvgIpc) is 2.29. The van der Waals surface area contributed by atoms with Crippen molar-refractivity contribution in [1.29, 1.82) is 0 Å². The van der Waals surface area contributed by atoms with E-state index in [-0.39, 0.29) is 23.9 Å². The van der Waals surface area contributed by atoms with Crippen LogP contribution in [-0.4, -0.2) is 38.5 Å². The highest BCUT2D eigenvalue weighted by atomic mass is 32.2. The van der Waals surface area contributed by atoms with Crippen LogP contribution in [0.3, 0.4) is 0 Å². The van der Waals surface area contributed by atoms with Gasteiger partial charge in [0.1, 0.15) is 9.84 Å². The second kappa shape index (κ2) is 6.65. The summed E-state index contributed by atoms with van der Waals surface area (Å²) in [6.45, 7) is 2.43. The summed E-state index contributed by atoms with van der Waals surface area (Å²) in [4.78, 5) is 3.76. The third-order valence-corrected chi connectivity index (χ3v) is 3.18. The molecule has 0 aromatic carbocycles. The molecule has 0 aliphatic rings. The molecule has 0 aliphatic carbocycles. The van der Waals surface area contributed by atoms with Gasteiger partial charge in [-0.1, -0.05) is 6.92 Å². The first-order valence-electron chi connectivity index (χ1n) is 5.85. The normalized spacial score (nSPS) is 11.4. The fraction of sp³-hybridized carbons (Fsp3) is 0.545. The fourth-order valence-electron chi connectivity index (χ4n) is 1.31. The van der Waals surface area contributed by atoms with Gasteiger partial charge in [-0.25, -0.2) is 22.2 Å². The molecule has 0 unspecified atom stereocenters. The summed E-state index contributed by atoms with van der Waals surface area (Å²) in [6, 6.07) is 0.716. The van der Waals surface area contributed by atoms with Crippen LogP contribution in [0, 0.1) is 11.6 Å². The van der Waals surface area contributed by atoms with Crippen LogP contribution in [-0.2, 0) is 9.84 Å². The molecule has 0 atom stereocenters. The van der Waals surface area contributed by atoms with Crippen molar-refractivity contribution in [3.8, 4) is 0 Å². The lowest BCUT2D eigenvalue weighted by Crippen LogP contribution is -2.16. The molecule has 0 fully saturated rings. The summed E-state index contributed by atoms with van der Waals surface area (Å²) in [6.07, 6.45) is 1.85. The van der Waals surface area contributed by atoms with Gasteiger partial charge in [0, 0.05) is 25.4 Å². The first-order chi connectivity index (χ1) is 8.83. The summed E-state index contributed by atoms with van der Waals surface area (Å²) in [5.74, 6) is -2.00. The van der Waals surface area contributed by atoms with Crippen molar-refractivity contribution in [2.24, 2.45) is 0 Å². The monoisotopic (exact) mass is 293 g/mol. The van der Waals surface area contributed by atoms with Crippen LogP contribution in [0.5, 0.6) is 0 Å². The maximum absolute atomic E-state index is 13.4. The molecule has 0 saturated heterocycles. The van der Waals surface area contributed by atoms with Gasteiger partial charge in [0.05, 0.1) is 5.75 Å². The minimum Gasteiger partial charge on any atom is -0.368 e. The summed E-state index contributed by atoms with van der Waals surface area (Å²) in [5, 5.41) is 5.27. The molecular weight excluding hydrogens is 276 g/mol. The molecule has 1 aromatic heterocycles. The van der Waals surface area contributed by atoms with Crippen LogP contribution >= 0.6 is 0 Å². The molecule has 108 valence electrons. The molecule has 5 nitrogen and oxygen atoms in total. The minimum atomic E-state index is -3.14. The lowest BCUT2D eigenvalue weighted by atomic mass is 10.3. The van der Waals surface area contributed by atoms with E-state index in [1.807, 2.05) is 6.92 Å². The van der Waals surface area contributed by atoms with Crippen molar-refractivity contribution >= 4 is 21.5 Å². The quantitative estimate of drug-likeness (QED) is 0.799. The second-order valence-electron chi connectivity index (χ2n) is 4.13. The first-order valence-corrected chi connectivity index (χ1v) is 7.91. The molecule has 0 aliphatic heterocycles. The SMILES string of the molecule is CCCNc1nc(NCCS(C)(=O)=O)c(F)cc1F. The molecule has 0 radical (unpaired) electrons. The number of anilines is 2. The van der Waals surface area contributed by atoms with Crippen LogP contribution in [0.15, 0.2) is 6.07 Å². The topological polar surface area (TPSA) is 71.1 Å². The van der Waals surface area contributed by atoms with E-state index in [2.05, 4.69) is 15.6 Å². The number of nitrogens with one attached hydrogen (secondary N) is 2. The second-order valence-corrected chi connectivity index (χ2v) is 6.39. The highest BCUT2D eigenvalue weighted by Crippen LogP contribution is 2.18. The Morgan fingerprint density at radius 1 is 1.16 bits per heavy atom. The van der Waals surface area contributed by atoms with Crippen LogP contribution < -0.4 is 10.6 Å². The van der Waals surface area contributed by atoms with Gasteiger partial charge >= 0.3 is 0 Å². The highest BCUT2D eigenvalue weighted by molar-refractivity contribution is 7.90. The Kier molecular flexibility index (Phi) is 5.46. The summed E-state index contributed by atoms with van der Waals surface area (Å²) < 4.78 is 48.7. The van der Waals surface area contributed by atoms with Crippen LogP contribution in [0.4, 0.5) is 20.4 Å². The molecule has 0 saturated carbocycles. The van der Waals surface area contributed by atoms with Gasteiger partial charge < -0.3 is 10.6 Å². The molecule has 0 spiro atoms. The summed E-state index contributed by atoms with van der Waals surface area (Å²) in [7, 11) is -3.14. The molecule has 1 rings (SSSR count). The highest BCUT2D eigenvalue weighted by Gasteiger charge is 2.12. The smallest absolute Gasteiger partial charge is 0.168 e. The third kappa shape index (κ3) is 5.37. The third-order valence-electron chi connectivity index (χ3n) is 2.24. The van der Waals surface area contributed by atoms with Crippen molar-refractivity contribution < 1.29 is 17.2 Å². The molecule has 8 heteroatoms. The van der Waals surface area contributed by atoms with Crippen LogP contribution in [0.25, 0.3) is 0 Å². The van der Waals surface area contributed by atoms with E-state index in [0.29, 0.717) is 12.6 Å². The molecule has 19 heavy (non-hydrogen) atoms. The van der Waals surface area contributed by atoms with Crippen LogP contribution in [0.1, 0.15) is 13.3 Å². The van der Waals surface area contributed by atoms with E-state index in [0.717, 1.165) is 12.7 Å². The molecular formula is C11H17F2N3O2S. The van der Waals surface area contributed by atoms with Crippen molar-refractivity contribution in [1.82, 2.24) is 4.98 Å². The van der Waals surface area contributed by atoms with E-state index >= 15 is 0 Å². The van der Waals surface area contributed by atoms with Gasteiger partial charge in [-0.2, -0.15) is 0 Å². The van der Waals surface area contributed by atoms with Crippen molar-refractivity contribution in [2.45, 2.75) is 13.3 Å². The van der Waals surface area contributed by atoms with Gasteiger partial charge in [0.15, 0.2) is 23.3 Å². The lowest BCUT2D eigenvalue weighted by molar-refractivity contribution is 0.577. The van der Waals surface area contributed by atoms with Gasteiger partial charge in [0.2, 0.25) is 0 Å². The Morgan fingerprint density at radius 2 is 1.68 bits per heavy atom. The minimum absolute atomic E-state index is 0.0155. The van der Waals surface area contributed by atoms with Crippen molar-refractivity contribution in [3.63, 3.8) is 0 Å². The van der Waals surface area contributed by atoms with Gasteiger partial charge in [-0.15, -0.1) is 0 Å². The number of halogens is 2. The van der Waals surface area contributed by atoms with Crippen molar-refractivity contribution in [3.05, 3.63) is 17.7 Å². The largest absolute Gasteiger partial charge is 0.368 e. The molecule has 0 amide bonds. The van der Waals surface area contributed by atoms with E-state index in [1.54, 1.807) is 0 Å². The maximum Gasteiger partial charge on any atom is 0.168 e. The lowest BCUT2D eigenvalue weighted by Gasteiger charge is -2.10. The number of hydrogen-bond acceptors (Lipinski definition) is 5. The van der Waals surface area contributed by atoms with Gasteiger partial charge in [-0.05, 0) is 6.42 Å². The standard InChI is InChI=1S/C11H17F2N3O2S/c1-3-4-14-10-8(12)7-9(13)11(16-10)15-5-6-19(2,17)18/h7H,3-6H2,1-2H3,(H2,14,15,16). The van der Waals surface area contributed by atoms with Gasteiger partial charge in [-0.3, -0.25) is 0 Å². The van der Waals surface area contributed by atoms with E-state index in [1.165, 1.54) is 0 Å². The Bertz CT molecular complexity index is 535.